The number of nitrogens with zero attached hydrogens (tertiary/aromatic N) is 6. The number of nitrogen functional groups attached to an aromatic ring is 1. The Labute approximate surface area is 281 Å². The van der Waals surface area contributed by atoms with E-state index in [2.05, 4.69) is 14.9 Å². The van der Waals surface area contributed by atoms with Crippen LogP contribution in [0, 0.1) is 5.41 Å². The van der Waals surface area contributed by atoms with Crippen molar-refractivity contribution < 1.29 is 14.3 Å². The summed E-state index contributed by atoms with van der Waals surface area (Å²) in [6.07, 6.45) is 9.91. The molecular formula is C37H47N7O4. The van der Waals surface area contributed by atoms with Gasteiger partial charge in [0.05, 0.1) is 5.69 Å². The summed E-state index contributed by atoms with van der Waals surface area (Å²) in [5, 5.41) is 0. The van der Waals surface area contributed by atoms with Crippen LogP contribution in [0.4, 0.5) is 10.6 Å². The number of rotatable bonds is 5. The molecule has 3 aliphatic rings. The lowest BCUT2D eigenvalue weighted by Gasteiger charge is -2.48. The number of hydrogen-bond acceptors (Lipinski definition) is 8. The summed E-state index contributed by atoms with van der Waals surface area (Å²) in [6, 6.07) is 17.6. The summed E-state index contributed by atoms with van der Waals surface area (Å²) in [5.74, 6) is 1.71. The molecule has 2 aromatic carbocycles. The van der Waals surface area contributed by atoms with Gasteiger partial charge in [0, 0.05) is 38.3 Å². The van der Waals surface area contributed by atoms with Crippen LogP contribution in [0.5, 0.6) is 11.5 Å². The molecule has 4 aromatic rings. The van der Waals surface area contributed by atoms with E-state index in [1.165, 1.54) is 32.0 Å². The number of piperidine rings is 2. The SMILES string of the molecule is CC(C)(C)OC(=O)N1CCC2(CCC(N3CCC(n4c(=O)n(-c5ccc(Oc6ccccc6)cc5)c5c(N)ncnc54)CC3)CC2)CC1. The number of ether oxygens (including phenoxy) is 2. The van der Waals surface area contributed by atoms with Gasteiger partial charge in [-0.25, -0.2) is 19.6 Å². The zero-order valence-electron chi connectivity index (χ0n) is 28.3. The van der Waals surface area contributed by atoms with Crippen molar-refractivity contribution in [3.63, 3.8) is 0 Å². The van der Waals surface area contributed by atoms with Crippen molar-refractivity contribution in [2.45, 2.75) is 89.8 Å². The molecule has 1 saturated carbocycles. The Morgan fingerprint density at radius 3 is 2.12 bits per heavy atom. The van der Waals surface area contributed by atoms with Gasteiger partial charge in [-0.2, -0.15) is 0 Å². The third kappa shape index (κ3) is 6.52. The van der Waals surface area contributed by atoms with Gasteiger partial charge in [-0.1, -0.05) is 18.2 Å². The van der Waals surface area contributed by atoms with Gasteiger partial charge in [0.2, 0.25) is 0 Å². The molecule has 2 N–H and O–H groups in total. The molecule has 7 rings (SSSR count). The molecule has 0 atom stereocenters. The topological polar surface area (TPSA) is 121 Å². The fraction of sp³-hybridized carbons (Fsp3) is 0.514. The number of benzene rings is 2. The van der Waals surface area contributed by atoms with Gasteiger partial charge in [0.25, 0.3) is 0 Å². The van der Waals surface area contributed by atoms with Crippen LogP contribution < -0.4 is 16.2 Å². The molecule has 48 heavy (non-hydrogen) atoms. The van der Waals surface area contributed by atoms with Gasteiger partial charge < -0.3 is 25.0 Å². The molecule has 11 nitrogen and oxygen atoms in total. The monoisotopic (exact) mass is 653 g/mol. The zero-order chi connectivity index (χ0) is 33.5. The normalized spacial score (nSPS) is 19.5. The van der Waals surface area contributed by atoms with Gasteiger partial charge in [-0.15, -0.1) is 0 Å². The molecule has 1 spiro atoms. The maximum absolute atomic E-state index is 14.1. The number of carbonyl (C=O) groups excluding carboxylic acids is 1. The summed E-state index contributed by atoms with van der Waals surface area (Å²) >= 11 is 0. The van der Waals surface area contributed by atoms with Crippen molar-refractivity contribution in [2.24, 2.45) is 5.41 Å². The second-order valence-corrected chi connectivity index (χ2v) is 14.8. The van der Waals surface area contributed by atoms with Crippen LogP contribution >= 0.6 is 0 Å². The highest BCUT2D eigenvalue weighted by molar-refractivity contribution is 5.84. The predicted molar refractivity (Wildman–Crippen MR) is 186 cm³/mol. The van der Waals surface area contributed by atoms with E-state index in [1.807, 2.05) is 84.8 Å². The van der Waals surface area contributed by atoms with Crippen LogP contribution in [0.3, 0.4) is 0 Å². The van der Waals surface area contributed by atoms with Gasteiger partial charge in [0.15, 0.2) is 11.5 Å². The van der Waals surface area contributed by atoms with Crippen molar-refractivity contribution in [3.05, 3.63) is 71.4 Å². The first-order valence-electron chi connectivity index (χ1n) is 17.4. The first kappa shape index (κ1) is 32.2. The average Bonchev–Trinajstić information content (AvgIpc) is 3.38. The number of fused-ring (bicyclic) bond motifs is 1. The van der Waals surface area contributed by atoms with E-state index in [-0.39, 0.29) is 23.6 Å². The molecule has 254 valence electrons. The standard InChI is InChI=1S/C37H47N7O4/c1-36(2,3)48-35(46)42-23-19-37(20-24-42)17-13-26(14-18-37)41-21-15-28(16-22-41)44-33-31(32(38)39-25-40-33)43(34(44)45)27-9-11-30(12-10-27)47-29-7-5-4-6-8-29/h4-12,25-26,28H,13-24H2,1-3H3,(H2,38,39,40). The van der Waals surface area contributed by atoms with Crippen molar-refractivity contribution in [3.8, 4) is 17.2 Å². The number of aromatic nitrogens is 4. The van der Waals surface area contributed by atoms with Gasteiger partial charge in [0.1, 0.15) is 28.9 Å². The smallest absolute Gasteiger partial charge is 0.410 e. The Morgan fingerprint density at radius 2 is 1.48 bits per heavy atom. The predicted octanol–water partition coefficient (Wildman–Crippen LogP) is 6.55. The minimum atomic E-state index is -0.464. The molecule has 1 amide bonds. The largest absolute Gasteiger partial charge is 0.457 e. The maximum Gasteiger partial charge on any atom is 0.410 e. The first-order valence-corrected chi connectivity index (χ1v) is 17.4. The van der Waals surface area contributed by atoms with Gasteiger partial charge in [-0.3, -0.25) is 9.13 Å². The van der Waals surface area contributed by atoms with Crippen LogP contribution in [0.25, 0.3) is 16.9 Å². The van der Waals surface area contributed by atoms with Crippen molar-refractivity contribution in [1.29, 1.82) is 0 Å². The third-order valence-corrected chi connectivity index (χ3v) is 10.6. The number of amides is 1. The number of anilines is 1. The van der Waals surface area contributed by atoms with Crippen molar-refractivity contribution in [2.75, 3.05) is 31.9 Å². The number of hydrogen-bond donors (Lipinski definition) is 1. The lowest BCUT2D eigenvalue weighted by Crippen LogP contribution is -2.49. The fourth-order valence-electron chi connectivity index (χ4n) is 8.00. The summed E-state index contributed by atoms with van der Waals surface area (Å²) in [5.41, 5.74) is 7.92. The summed E-state index contributed by atoms with van der Waals surface area (Å²) in [6.45, 7) is 9.22. The van der Waals surface area contributed by atoms with Gasteiger partial charge in [-0.05, 0) is 114 Å². The Balaban J connectivity index is 1.000. The van der Waals surface area contributed by atoms with E-state index in [0.717, 1.165) is 57.6 Å². The Bertz CT molecular complexity index is 1790. The highest BCUT2D eigenvalue weighted by atomic mass is 16.6. The van der Waals surface area contributed by atoms with E-state index in [1.54, 1.807) is 4.57 Å². The Hall–Kier alpha value is -4.38. The maximum atomic E-state index is 14.1. The lowest BCUT2D eigenvalue weighted by molar-refractivity contribution is -0.00463. The number of likely N-dealkylation sites (tertiary alicyclic amines) is 2. The van der Waals surface area contributed by atoms with Gasteiger partial charge >= 0.3 is 11.8 Å². The minimum Gasteiger partial charge on any atom is -0.457 e. The quantitative estimate of drug-likeness (QED) is 0.257. The molecule has 0 radical (unpaired) electrons. The first-order chi connectivity index (χ1) is 23.1. The summed E-state index contributed by atoms with van der Waals surface area (Å²) in [7, 11) is 0. The minimum absolute atomic E-state index is 0.0274. The Kier molecular flexibility index (Phi) is 8.66. The van der Waals surface area contributed by atoms with E-state index < -0.39 is 5.60 Å². The van der Waals surface area contributed by atoms with E-state index in [9.17, 15) is 9.59 Å². The summed E-state index contributed by atoms with van der Waals surface area (Å²) in [4.78, 5) is 40.0. The molecule has 0 bridgehead atoms. The second-order valence-electron chi connectivity index (χ2n) is 14.8. The Morgan fingerprint density at radius 1 is 0.833 bits per heavy atom. The molecule has 2 saturated heterocycles. The number of imidazole rings is 1. The van der Waals surface area contributed by atoms with E-state index >= 15 is 0 Å². The van der Waals surface area contributed by atoms with Crippen LogP contribution in [0.15, 0.2) is 65.7 Å². The number of carbonyl (C=O) groups is 1. The molecule has 1 aliphatic carbocycles. The van der Waals surface area contributed by atoms with Crippen molar-refractivity contribution in [1.82, 2.24) is 28.9 Å². The highest BCUT2D eigenvalue weighted by Gasteiger charge is 2.41. The number of nitrogens with two attached hydrogens (primary N) is 1. The van der Waals surface area contributed by atoms with Crippen molar-refractivity contribution >= 4 is 23.1 Å². The van der Waals surface area contributed by atoms with Crippen LogP contribution in [-0.4, -0.2) is 72.8 Å². The highest BCUT2D eigenvalue weighted by Crippen LogP contribution is 2.46. The lowest BCUT2D eigenvalue weighted by atomic mass is 9.66. The summed E-state index contributed by atoms with van der Waals surface area (Å²) < 4.78 is 15.1. The molecular weight excluding hydrogens is 606 g/mol. The van der Waals surface area contributed by atoms with Crippen LogP contribution in [0.2, 0.25) is 0 Å². The zero-order valence-corrected chi connectivity index (χ0v) is 28.3. The second kappa shape index (κ2) is 12.9. The fourth-order valence-corrected chi connectivity index (χ4v) is 8.00. The molecule has 3 fully saturated rings. The third-order valence-electron chi connectivity index (χ3n) is 10.6. The molecule has 0 unspecified atom stereocenters. The van der Waals surface area contributed by atoms with Crippen LogP contribution in [-0.2, 0) is 4.74 Å². The van der Waals surface area contributed by atoms with Crippen LogP contribution in [0.1, 0.15) is 78.2 Å². The molecule has 2 aliphatic heterocycles. The molecule has 4 heterocycles. The molecule has 2 aromatic heterocycles. The van der Waals surface area contributed by atoms with E-state index in [0.29, 0.717) is 34.1 Å². The van der Waals surface area contributed by atoms with E-state index in [4.69, 9.17) is 15.2 Å². The number of para-hydroxylation sites is 1. The average molecular weight is 654 g/mol. The molecule has 11 heteroatoms.